The van der Waals surface area contributed by atoms with Crippen LogP contribution in [0.1, 0.15) is 18.9 Å². The number of sulfone groups is 1. The Balaban J connectivity index is 2.25. The number of anilines is 1. The number of aromatic nitrogens is 2. The van der Waals surface area contributed by atoms with Gasteiger partial charge < -0.3 is 10.3 Å². The molecule has 2 N–H and O–H groups in total. The van der Waals surface area contributed by atoms with Crippen molar-refractivity contribution in [3.8, 4) is 0 Å². The Labute approximate surface area is 112 Å². The maximum atomic E-state index is 11.8. The normalized spacial score (nSPS) is 26.0. The molecule has 1 saturated heterocycles. The van der Waals surface area contributed by atoms with Crippen LogP contribution in [0.4, 0.5) is 5.95 Å². The molecular weight excluding hydrogens is 262 g/mol. The van der Waals surface area contributed by atoms with Crippen molar-refractivity contribution < 1.29 is 8.42 Å². The molecule has 0 saturated carbocycles. The zero-order valence-corrected chi connectivity index (χ0v) is 11.9. The van der Waals surface area contributed by atoms with Crippen LogP contribution in [0.15, 0.2) is 18.2 Å². The summed E-state index contributed by atoms with van der Waals surface area (Å²) in [6, 6.07) is 5.91. The minimum Gasteiger partial charge on any atom is -0.369 e. The van der Waals surface area contributed by atoms with Gasteiger partial charge in [0.25, 0.3) is 0 Å². The van der Waals surface area contributed by atoms with E-state index in [2.05, 4.69) is 4.98 Å². The number of hydrogen-bond acceptors (Lipinski definition) is 4. The van der Waals surface area contributed by atoms with Crippen LogP contribution in [0.3, 0.4) is 0 Å². The fourth-order valence-electron chi connectivity index (χ4n) is 2.94. The lowest BCUT2D eigenvalue weighted by atomic mass is 10.0. The predicted octanol–water partition coefficient (Wildman–Crippen LogP) is 1.46. The summed E-state index contributed by atoms with van der Waals surface area (Å²) in [7, 11) is -2.98. The van der Waals surface area contributed by atoms with Crippen LogP contribution in [0.5, 0.6) is 0 Å². The quantitative estimate of drug-likeness (QED) is 0.857. The summed E-state index contributed by atoms with van der Waals surface area (Å²) in [6.07, 6.45) is 0.582. The molecule has 2 aromatic rings. The largest absolute Gasteiger partial charge is 0.369 e. The Morgan fingerprint density at radius 3 is 2.79 bits per heavy atom. The lowest BCUT2D eigenvalue weighted by Gasteiger charge is -2.26. The molecule has 0 radical (unpaired) electrons. The molecule has 0 spiro atoms. The smallest absolute Gasteiger partial charge is 0.201 e. The van der Waals surface area contributed by atoms with Gasteiger partial charge in [0.05, 0.1) is 28.1 Å². The molecule has 1 aromatic carbocycles. The van der Waals surface area contributed by atoms with Crippen molar-refractivity contribution in [3.63, 3.8) is 0 Å². The molecule has 1 aromatic heterocycles. The van der Waals surface area contributed by atoms with Gasteiger partial charge in [-0.1, -0.05) is 6.07 Å². The van der Waals surface area contributed by atoms with Crippen molar-refractivity contribution in [3.05, 3.63) is 23.8 Å². The highest BCUT2D eigenvalue weighted by Gasteiger charge is 2.41. The fourth-order valence-corrected chi connectivity index (χ4v) is 5.06. The predicted molar refractivity (Wildman–Crippen MR) is 75.8 cm³/mol. The van der Waals surface area contributed by atoms with Crippen LogP contribution < -0.4 is 5.73 Å². The lowest BCUT2D eigenvalue weighted by Crippen LogP contribution is -2.32. The van der Waals surface area contributed by atoms with E-state index >= 15 is 0 Å². The highest BCUT2D eigenvalue weighted by molar-refractivity contribution is 7.91. The SMILES string of the molecule is Cc1ccc2nc(N)n(C3(C)CCS(=O)(=O)C3)c2c1. The molecule has 1 unspecified atom stereocenters. The third-order valence-electron chi connectivity index (χ3n) is 3.86. The summed E-state index contributed by atoms with van der Waals surface area (Å²) in [6.45, 7) is 3.94. The van der Waals surface area contributed by atoms with Crippen LogP contribution in [0.2, 0.25) is 0 Å². The van der Waals surface area contributed by atoms with Crippen molar-refractivity contribution in [2.45, 2.75) is 25.8 Å². The number of imidazole rings is 1. The van der Waals surface area contributed by atoms with Gasteiger partial charge >= 0.3 is 0 Å². The highest BCUT2D eigenvalue weighted by Crippen LogP contribution is 2.35. The number of fused-ring (bicyclic) bond motifs is 1. The van der Waals surface area contributed by atoms with Crippen LogP contribution in [0.25, 0.3) is 11.0 Å². The Morgan fingerprint density at radius 2 is 2.16 bits per heavy atom. The highest BCUT2D eigenvalue weighted by atomic mass is 32.2. The number of nitrogen functional groups attached to an aromatic ring is 1. The average molecular weight is 279 g/mol. The minimum atomic E-state index is -2.98. The molecule has 1 fully saturated rings. The first-order chi connectivity index (χ1) is 8.81. The van der Waals surface area contributed by atoms with Gasteiger partial charge in [0.2, 0.25) is 5.95 Å². The Kier molecular flexibility index (Phi) is 2.44. The van der Waals surface area contributed by atoms with Crippen molar-refractivity contribution >= 4 is 26.8 Å². The van der Waals surface area contributed by atoms with E-state index in [9.17, 15) is 8.42 Å². The molecule has 2 heterocycles. The van der Waals surface area contributed by atoms with Gasteiger partial charge in [0.1, 0.15) is 0 Å². The number of aryl methyl sites for hydroxylation is 1. The summed E-state index contributed by atoms with van der Waals surface area (Å²) >= 11 is 0. The van der Waals surface area contributed by atoms with Gasteiger partial charge in [-0.2, -0.15) is 0 Å². The van der Waals surface area contributed by atoms with Crippen molar-refractivity contribution in [1.29, 1.82) is 0 Å². The number of hydrogen-bond donors (Lipinski definition) is 1. The van der Waals surface area contributed by atoms with Crippen LogP contribution in [0, 0.1) is 6.92 Å². The average Bonchev–Trinajstić information content (AvgIpc) is 2.75. The fraction of sp³-hybridized carbons (Fsp3) is 0.462. The summed E-state index contributed by atoms with van der Waals surface area (Å²) in [5, 5.41) is 0. The number of nitrogens with zero attached hydrogens (tertiary/aromatic N) is 2. The molecule has 1 atom stereocenters. The van der Waals surface area contributed by atoms with E-state index in [0.29, 0.717) is 12.4 Å². The van der Waals surface area contributed by atoms with Gasteiger partial charge in [-0.05, 0) is 38.0 Å². The molecule has 0 aliphatic carbocycles. The first-order valence-corrected chi connectivity index (χ1v) is 8.08. The van der Waals surface area contributed by atoms with Gasteiger partial charge in [-0.25, -0.2) is 13.4 Å². The summed E-state index contributed by atoms with van der Waals surface area (Å²) in [4.78, 5) is 4.34. The molecule has 1 aliphatic heterocycles. The zero-order chi connectivity index (χ0) is 13.8. The van der Waals surface area contributed by atoms with Crippen LogP contribution in [-0.2, 0) is 15.4 Å². The monoisotopic (exact) mass is 279 g/mol. The van der Waals surface area contributed by atoms with E-state index in [0.717, 1.165) is 16.6 Å². The van der Waals surface area contributed by atoms with Crippen molar-refractivity contribution in [2.75, 3.05) is 17.2 Å². The molecule has 3 rings (SSSR count). The van der Waals surface area contributed by atoms with Gasteiger partial charge in [-0.15, -0.1) is 0 Å². The molecule has 0 bridgehead atoms. The maximum absolute atomic E-state index is 11.8. The topological polar surface area (TPSA) is 78.0 Å². The van der Waals surface area contributed by atoms with Crippen LogP contribution in [-0.4, -0.2) is 29.5 Å². The Morgan fingerprint density at radius 1 is 1.42 bits per heavy atom. The maximum Gasteiger partial charge on any atom is 0.201 e. The lowest BCUT2D eigenvalue weighted by molar-refractivity contribution is 0.381. The van der Waals surface area contributed by atoms with Gasteiger partial charge in [0.15, 0.2) is 9.84 Å². The second-order valence-corrected chi connectivity index (χ2v) is 7.82. The van der Waals surface area contributed by atoms with Crippen LogP contribution >= 0.6 is 0 Å². The third-order valence-corrected chi connectivity index (χ3v) is 5.75. The first-order valence-electron chi connectivity index (χ1n) is 6.26. The van der Waals surface area contributed by atoms with E-state index < -0.39 is 15.4 Å². The van der Waals surface area contributed by atoms with Gasteiger partial charge in [-0.3, -0.25) is 0 Å². The Hall–Kier alpha value is -1.56. The van der Waals surface area contributed by atoms with E-state index in [1.54, 1.807) is 0 Å². The molecule has 0 amide bonds. The van der Waals surface area contributed by atoms with E-state index in [1.165, 1.54) is 0 Å². The second kappa shape index (κ2) is 3.72. The molecule has 5 nitrogen and oxygen atoms in total. The number of rotatable bonds is 1. The summed E-state index contributed by atoms with van der Waals surface area (Å²) in [5.74, 6) is 0.734. The Bertz CT molecular complexity index is 764. The molecule has 1 aliphatic rings. The molecule has 6 heteroatoms. The molecule has 19 heavy (non-hydrogen) atoms. The minimum absolute atomic E-state index is 0.129. The number of benzene rings is 1. The van der Waals surface area contributed by atoms with E-state index in [4.69, 9.17) is 5.73 Å². The van der Waals surface area contributed by atoms with Crippen molar-refractivity contribution in [2.24, 2.45) is 0 Å². The first kappa shape index (κ1) is 12.5. The second-order valence-electron chi connectivity index (χ2n) is 5.64. The van der Waals surface area contributed by atoms with E-state index in [1.807, 2.05) is 36.6 Å². The standard InChI is InChI=1S/C13H17N3O2S/c1-9-3-4-10-11(7-9)16(12(14)15-10)13(2)5-6-19(17,18)8-13/h3-4,7H,5-6,8H2,1-2H3,(H2,14,15). The summed E-state index contributed by atoms with van der Waals surface area (Å²) < 4.78 is 25.5. The zero-order valence-electron chi connectivity index (χ0n) is 11.0. The number of nitrogens with two attached hydrogens (primary N) is 1. The van der Waals surface area contributed by atoms with Crippen molar-refractivity contribution in [1.82, 2.24) is 9.55 Å². The summed E-state index contributed by atoms with van der Waals surface area (Å²) in [5.41, 5.74) is 8.36. The molecule has 102 valence electrons. The molecular formula is C13H17N3O2S. The third kappa shape index (κ3) is 1.90. The van der Waals surface area contributed by atoms with Gasteiger partial charge in [0, 0.05) is 0 Å². The van der Waals surface area contributed by atoms with E-state index in [-0.39, 0.29) is 11.5 Å².